The van der Waals surface area contributed by atoms with Crippen LogP contribution >= 0.6 is 23.0 Å². The van der Waals surface area contributed by atoms with Crippen LogP contribution in [0.2, 0.25) is 0 Å². The number of aliphatic hydroxyl groups is 2. The number of hydrogen-bond donors (Lipinski definition) is 7. The number of amides is 1. The van der Waals surface area contributed by atoms with Gasteiger partial charge < -0.3 is 45.2 Å². The molecule has 1 spiro atoms. The Morgan fingerprint density at radius 3 is 2.45 bits per heavy atom. The van der Waals surface area contributed by atoms with Gasteiger partial charge in [0.25, 0.3) is 5.91 Å². The zero-order valence-corrected chi connectivity index (χ0v) is 19.1. The van der Waals surface area contributed by atoms with Crippen LogP contribution in [0.5, 0.6) is 0 Å². The van der Waals surface area contributed by atoms with Crippen LogP contribution in [0.1, 0.15) is 0 Å². The maximum absolute atomic E-state index is 12.3. The van der Waals surface area contributed by atoms with Gasteiger partial charge in [-0.3, -0.25) is 23.3 Å². The number of phosphoric ester groups is 1. The van der Waals surface area contributed by atoms with Crippen molar-refractivity contribution in [3.05, 3.63) is 0 Å². The highest BCUT2D eigenvalue weighted by atomic mass is 31.3. The Balaban J connectivity index is 1.41. The summed E-state index contributed by atoms with van der Waals surface area (Å²) in [5.74, 6) is -2.40. The van der Waals surface area contributed by atoms with E-state index in [0.717, 1.165) is 0 Å². The summed E-state index contributed by atoms with van der Waals surface area (Å²) in [6.45, 7) is -0.514. The minimum Gasteiger partial charge on any atom is -0.387 e. The van der Waals surface area contributed by atoms with E-state index in [9.17, 15) is 38.5 Å². The highest BCUT2D eigenvalue weighted by Crippen LogP contribution is 2.65. The molecule has 4 heterocycles. The maximum atomic E-state index is 12.3. The first-order valence-electron chi connectivity index (χ1n) is 9.11. The number of amidine groups is 1. The zero-order valence-electron chi connectivity index (χ0n) is 16.4. The molecule has 0 aromatic heterocycles. The lowest BCUT2D eigenvalue weighted by Gasteiger charge is -2.31. The summed E-state index contributed by atoms with van der Waals surface area (Å²) in [6.07, 6.45) is -5.97. The molecule has 0 aromatic rings. The lowest BCUT2D eigenvalue weighted by molar-refractivity contribution is -0.119. The fourth-order valence-corrected chi connectivity index (χ4v) is 8.18. The average molecular weight is 535 g/mol. The molecule has 8 N–H and O–H groups in total. The molecule has 0 radical (unpaired) electrons. The van der Waals surface area contributed by atoms with E-state index in [1.807, 2.05) is 0 Å². The van der Waals surface area contributed by atoms with Crippen molar-refractivity contribution < 1.29 is 61.8 Å². The number of hydrogen-bond acceptors (Lipinski definition) is 13. The smallest absolute Gasteiger partial charge is 0.387 e. The van der Waals surface area contributed by atoms with Crippen LogP contribution in [0.3, 0.4) is 0 Å². The summed E-state index contributed by atoms with van der Waals surface area (Å²) in [5, 5.41) is 20.7. The standard InChI is InChI=1S/C12H20N5O13P3/c13-11-14-9-12(10(20)15-11)2-16(12)3-17(9)8-7(19)6(18)5(29-8)1-28-33(26,27)30-32(24,25)4-31(21,22)23/h5-8,18-19H,1-4H2,(H,24,25)(H,26,27)(H2,13,15,20)(H2,21,22,23)/t5-,6-,7-,8-,12+,16?/m1/s1. The number of carbonyl (C=O) groups is 1. The predicted molar refractivity (Wildman–Crippen MR) is 104 cm³/mol. The molecule has 33 heavy (non-hydrogen) atoms. The maximum Gasteiger partial charge on any atom is 0.479 e. The Morgan fingerprint density at radius 1 is 1.15 bits per heavy atom. The van der Waals surface area contributed by atoms with Crippen LogP contribution < -0.4 is 5.73 Å². The molecule has 4 rings (SSSR count). The molecule has 18 nitrogen and oxygen atoms in total. The second-order valence-corrected chi connectivity index (χ2v) is 13.3. The summed E-state index contributed by atoms with van der Waals surface area (Å²) in [4.78, 5) is 59.5. The van der Waals surface area contributed by atoms with Crippen molar-refractivity contribution in [1.29, 1.82) is 0 Å². The number of carbonyl (C=O) groups excluding carboxylic acids is 1. The fraction of sp³-hybridized carbons (Fsp3) is 0.750. The summed E-state index contributed by atoms with van der Waals surface area (Å²) >= 11 is 0. The first kappa shape index (κ1) is 25.0. The van der Waals surface area contributed by atoms with Gasteiger partial charge in [-0.15, -0.1) is 0 Å². The normalized spacial score (nSPS) is 39.3. The minimum absolute atomic E-state index is 0.0765. The van der Waals surface area contributed by atoms with E-state index >= 15 is 0 Å². The van der Waals surface area contributed by atoms with E-state index in [4.69, 9.17) is 20.3 Å². The van der Waals surface area contributed by atoms with Gasteiger partial charge in [0.1, 0.15) is 24.1 Å². The number of nitrogens with zero attached hydrogens (tertiary/aromatic N) is 4. The quantitative estimate of drug-likeness (QED) is 0.117. The van der Waals surface area contributed by atoms with Crippen molar-refractivity contribution in [3.8, 4) is 0 Å². The van der Waals surface area contributed by atoms with E-state index < -0.39 is 71.5 Å². The van der Waals surface area contributed by atoms with Crippen LogP contribution in [-0.4, -0.2) is 113 Å². The van der Waals surface area contributed by atoms with Gasteiger partial charge in [-0.25, -0.2) is 8.88 Å². The van der Waals surface area contributed by atoms with Gasteiger partial charge in [-0.2, -0.15) is 9.98 Å². The lowest BCUT2D eigenvalue weighted by Crippen LogP contribution is -2.52. The molecule has 3 fully saturated rings. The van der Waals surface area contributed by atoms with Crippen molar-refractivity contribution in [3.63, 3.8) is 0 Å². The molecule has 0 saturated carbocycles. The topological polar surface area (TPSA) is 274 Å². The molecule has 186 valence electrons. The Hall–Kier alpha value is -1.10. The second kappa shape index (κ2) is 7.96. The Bertz CT molecular complexity index is 1080. The fourth-order valence-electron chi connectivity index (χ4n) is 3.83. The van der Waals surface area contributed by atoms with E-state index in [1.165, 1.54) is 4.90 Å². The number of aliphatic imine (C=N–C) groups is 2. The first-order chi connectivity index (χ1) is 15.0. The predicted octanol–water partition coefficient (Wildman–Crippen LogP) is -3.53. The van der Waals surface area contributed by atoms with Gasteiger partial charge >= 0.3 is 23.0 Å². The molecular weight excluding hydrogens is 515 g/mol. The molecule has 1 amide bonds. The van der Waals surface area contributed by atoms with Crippen LogP contribution in [0.15, 0.2) is 9.98 Å². The summed E-state index contributed by atoms with van der Waals surface area (Å²) in [5.41, 5.74) is 4.43. The number of ether oxygens (including phenoxy) is 1. The average Bonchev–Trinajstić information content (AvgIpc) is 3.16. The van der Waals surface area contributed by atoms with Gasteiger partial charge in [0, 0.05) is 6.54 Å². The lowest BCUT2D eigenvalue weighted by atomic mass is 10.1. The van der Waals surface area contributed by atoms with E-state index in [0.29, 0.717) is 6.54 Å². The van der Waals surface area contributed by atoms with Crippen molar-refractivity contribution in [1.82, 2.24) is 9.80 Å². The van der Waals surface area contributed by atoms with Gasteiger partial charge in [-0.1, -0.05) is 0 Å². The molecule has 0 bridgehead atoms. The SMILES string of the molecule is NC1=NC(=O)[C@@]23CN2CN([C@@H]2O[C@H](COP(=O)(O)OP(=O)(O)CP(=O)(O)O)[C@@H](O)[C@H]2O)C3=N1. The summed E-state index contributed by atoms with van der Waals surface area (Å²) < 4.78 is 48.4. The molecule has 3 saturated heterocycles. The van der Waals surface area contributed by atoms with E-state index in [2.05, 4.69) is 18.8 Å². The summed E-state index contributed by atoms with van der Waals surface area (Å²) in [6, 6.07) is 0. The van der Waals surface area contributed by atoms with Gasteiger partial charge in [-0.05, 0) is 0 Å². The third-order valence-corrected chi connectivity index (χ3v) is 10.5. The number of guanidine groups is 1. The first-order valence-corrected chi connectivity index (χ1v) is 14.2. The van der Waals surface area contributed by atoms with Crippen LogP contribution in [0, 0.1) is 0 Å². The van der Waals surface area contributed by atoms with Gasteiger partial charge in [0.15, 0.2) is 17.7 Å². The van der Waals surface area contributed by atoms with Crippen LogP contribution in [0.25, 0.3) is 0 Å². The molecular formula is C12H20N5O13P3. The molecule has 0 aliphatic carbocycles. The van der Waals surface area contributed by atoms with Crippen molar-refractivity contribution >= 4 is 40.7 Å². The molecule has 4 aliphatic rings. The number of aliphatic hydroxyl groups excluding tert-OH is 2. The highest BCUT2D eigenvalue weighted by molar-refractivity contribution is 7.73. The van der Waals surface area contributed by atoms with E-state index in [-0.39, 0.29) is 18.5 Å². The molecule has 21 heteroatoms. The van der Waals surface area contributed by atoms with Crippen molar-refractivity contribution in [2.45, 2.75) is 30.1 Å². The minimum atomic E-state index is -5.34. The van der Waals surface area contributed by atoms with Gasteiger partial charge in [0.05, 0.1) is 13.3 Å². The largest absolute Gasteiger partial charge is 0.479 e. The second-order valence-electron chi connectivity index (χ2n) is 7.72. The monoisotopic (exact) mass is 535 g/mol. The zero-order chi connectivity index (χ0) is 24.6. The third kappa shape index (κ3) is 4.73. The third-order valence-electron chi connectivity index (χ3n) is 5.25. The number of rotatable bonds is 8. The number of nitrogens with two attached hydrogens (primary N) is 1. The summed E-state index contributed by atoms with van der Waals surface area (Å²) in [7, 11) is -15.6. The Morgan fingerprint density at radius 2 is 1.82 bits per heavy atom. The molecule has 3 unspecified atom stereocenters. The van der Waals surface area contributed by atoms with Crippen LogP contribution in [0.4, 0.5) is 0 Å². The van der Waals surface area contributed by atoms with Crippen molar-refractivity contribution in [2.75, 3.05) is 25.7 Å². The van der Waals surface area contributed by atoms with Crippen molar-refractivity contribution in [2.24, 2.45) is 15.7 Å². The Kier molecular flexibility index (Phi) is 6.03. The highest BCUT2D eigenvalue weighted by Gasteiger charge is 2.71. The van der Waals surface area contributed by atoms with Crippen LogP contribution in [-0.2, 0) is 32.1 Å². The molecule has 4 aliphatic heterocycles. The molecule has 0 aromatic carbocycles. The molecule has 8 atom stereocenters. The number of phosphoric acid groups is 1. The Labute approximate surface area is 184 Å². The van der Waals surface area contributed by atoms with Gasteiger partial charge in [0.2, 0.25) is 5.96 Å². The van der Waals surface area contributed by atoms with E-state index in [1.54, 1.807) is 4.90 Å².